The first kappa shape index (κ1) is 13.6. The fourth-order valence-electron chi connectivity index (χ4n) is 2.41. The molecule has 1 aliphatic rings. The fourth-order valence-corrected chi connectivity index (χ4v) is 2.41. The van der Waals surface area contributed by atoms with E-state index in [2.05, 4.69) is 0 Å². The van der Waals surface area contributed by atoms with Gasteiger partial charge in [-0.15, -0.1) is 0 Å². The van der Waals surface area contributed by atoms with Crippen LogP contribution >= 0.6 is 0 Å². The Labute approximate surface area is 114 Å². The van der Waals surface area contributed by atoms with Gasteiger partial charge in [0.1, 0.15) is 5.75 Å². The van der Waals surface area contributed by atoms with E-state index in [1.165, 1.54) is 0 Å². The third kappa shape index (κ3) is 3.34. The summed E-state index contributed by atoms with van der Waals surface area (Å²) < 4.78 is 5.29. The predicted octanol–water partition coefficient (Wildman–Crippen LogP) is 4.02. The average Bonchev–Trinajstić information content (AvgIpc) is 2.44. The third-order valence-electron chi connectivity index (χ3n) is 3.56. The average molecular weight is 256 g/mol. The Morgan fingerprint density at radius 3 is 2.89 bits per heavy atom. The quantitative estimate of drug-likeness (QED) is 0.763. The second-order valence-electron chi connectivity index (χ2n) is 4.95. The van der Waals surface area contributed by atoms with Crippen LogP contribution in [0.3, 0.4) is 0 Å². The maximum absolute atomic E-state index is 12.0. The molecule has 1 aliphatic carbocycles. The van der Waals surface area contributed by atoms with Crippen LogP contribution in [0.15, 0.2) is 42.0 Å². The topological polar surface area (TPSA) is 26.3 Å². The molecule has 0 aromatic heterocycles. The van der Waals surface area contributed by atoms with Crippen molar-refractivity contribution in [3.8, 4) is 5.75 Å². The molecule has 0 heterocycles. The maximum Gasteiger partial charge on any atom is 0.161 e. The Bertz CT molecular complexity index is 512. The van der Waals surface area contributed by atoms with Gasteiger partial charge in [-0.3, -0.25) is 4.79 Å². The molecule has 0 aliphatic heterocycles. The maximum atomic E-state index is 12.0. The number of carbonyl (C=O) groups excluding carboxylic acids is 1. The molecular weight excluding hydrogens is 236 g/mol. The summed E-state index contributed by atoms with van der Waals surface area (Å²) in [7, 11) is 1.66. The predicted molar refractivity (Wildman–Crippen MR) is 78.1 cm³/mol. The second kappa shape index (κ2) is 6.37. The lowest BCUT2D eigenvalue weighted by molar-refractivity contribution is -0.119. The van der Waals surface area contributed by atoms with Crippen molar-refractivity contribution < 1.29 is 9.53 Å². The molecule has 100 valence electrons. The Hall–Kier alpha value is -1.83. The number of carbonyl (C=O) groups is 1. The largest absolute Gasteiger partial charge is 0.496 e. The highest BCUT2D eigenvalue weighted by molar-refractivity contribution is 5.98. The zero-order chi connectivity index (χ0) is 13.7. The SMILES string of the molecule is COc1ccccc1C=CC=C1CCCC(C)C1=O. The molecule has 2 rings (SSSR count). The van der Waals surface area contributed by atoms with Crippen LogP contribution in [-0.4, -0.2) is 12.9 Å². The molecular formula is C17H20O2. The molecule has 19 heavy (non-hydrogen) atoms. The molecule has 1 atom stereocenters. The monoisotopic (exact) mass is 256 g/mol. The van der Waals surface area contributed by atoms with Crippen molar-refractivity contribution >= 4 is 11.9 Å². The number of rotatable bonds is 3. The number of allylic oxidation sites excluding steroid dienone is 3. The van der Waals surface area contributed by atoms with E-state index in [-0.39, 0.29) is 5.92 Å². The van der Waals surface area contributed by atoms with Gasteiger partial charge >= 0.3 is 0 Å². The zero-order valence-electron chi connectivity index (χ0n) is 11.6. The lowest BCUT2D eigenvalue weighted by atomic mass is 9.85. The van der Waals surface area contributed by atoms with Crippen molar-refractivity contribution in [3.63, 3.8) is 0 Å². The number of Topliss-reactive ketones (excluding diaryl/α,β-unsaturated/α-hetero) is 1. The van der Waals surface area contributed by atoms with Crippen molar-refractivity contribution in [1.82, 2.24) is 0 Å². The van der Waals surface area contributed by atoms with Crippen molar-refractivity contribution in [2.45, 2.75) is 26.2 Å². The highest BCUT2D eigenvalue weighted by Crippen LogP contribution is 2.25. The number of methoxy groups -OCH3 is 1. The molecule has 1 saturated carbocycles. The molecule has 0 saturated heterocycles. The van der Waals surface area contributed by atoms with E-state index in [4.69, 9.17) is 4.74 Å². The Morgan fingerprint density at radius 2 is 2.11 bits per heavy atom. The summed E-state index contributed by atoms with van der Waals surface area (Å²) in [5, 5.41) is 0. The summed E-state index contributed by atoms with van der Waals surface area (Å²) >= 11 is 0. The van der Waals surface area contributed by atoms with Crippen LogP contribution in [0.5, 0.6) is 5.75 Å². The van der Waals surface area contributed by atoms with Crippen molar-refractivity contribution in [2.75, 3.05) is 7.11 Å². The van der Waals surface area contributed by atoms with Crippen LogP contribution in [0.4, 0.5) is 0 Å². The minimum absolute atomic E-state index is 0.180. The third-order valence-corrected chi connectivity index (χ3v) is 3.56. The first-order valence-electron chi connectivity index (χ1n) is 6.77. The van der Waals surface area contributed by atoms with Crippen molar-refractivity contribution in [3.05, 3.63) is 47.6 Å². The van der Waals surface area contributed by atoms with Gasteiger partial charge in [0.25, 0.3) is 0 Å². The van der Waals surface area contributed by atoms with Crippen LogP contribution in [0.25, 0.3) is 6.08 Å². The Balaban J connectivity index is 2.12. The van der Waals surface area contributed by atoms with Gasteiger partial charge in [-0.2, -0.15) is 0 Å². The number of ether oxygens (including phenoxy) is 1. The summed E-state index contributed by atoms with van der Waals surface area (Å²) in [4.78, 5) is 12.0. The van der Waals surface area contributed by atoms with E-state index in [0.29, 0.717) is 5.78 Å². The molecule has 1 fully saturated rings. The van der Waals surface area contributed by atoms with E-state index in [1.807, 2.05) is 49.4 Å². The van der Waals surface area contributed by atoms with Gasteiger partial charge in [-0.05, 0) is 30.9 Å². The van der Waals surface area contributed by atoms with Crippen LogP contribution in [0, 0.1) is 5.92 Å². The molecule has 0 radical (unpaired) electrons. The summed E-state index contributed by atoms with van der Waals surface area (Å²) in [6, 6.07) is 7.85. The van der Waals surface area contributed by atoms with Crippen molar-refractivity contribution in [2.24, 2.45) is 5.92 Å². The second-order valence-corrected chi connectivity index (χ2v) is 4.95. The minimum Gasteiger partial charge on any atom is -0.496 e. The van der Waals surface area contributed by atoms with E-state index in [0.717, 1.165) is 36.1 Å². The first-order chi connectivity index (χ1) is 9.22. The first-order valence-corrected chi connectivity index (χ1v) is 6.77. The Kier molecular flexibility index (Phi) is 4.56. The van der Waals surface area contributed by atoms with Gasteiger partial charge in [0, 0.05) is 11.5 Å². The van der Waals surface area contributed by atoms with E-state index < -0.39 is 0 Å². The number of ketones is 1. The van der Waals surface area contributed by atoms with Gasteiger partial charge in [-0.25, -0.2) is 0 Å². The van der Waals surface area contributed by atoms with Crippen LogP contribution in [0.1, 0.15) is 31.7 Å². The molecule has 1 aromatic carbocycles. The summed E-state index contributed by atoms with van der Waals surface area (Å²) in [6.45, 7) is 2.01. The molecule has 0 bridgehead atoms. The Morgan fingerprint density at radius 1 is 1.32 bits per heavy atom. The zero-order valence-corrected chi connectivity index (χ0v) is 11.6. The van der Waals surface area contributed by atoms with E-state index >= 15 is 0 Å². The van der Waals surface area contributed by atoms with Gasteiger partial charge in [-0.1, -0.05) is 43.4 Å². The van der Waals surface area contributed by atoms with Crippen LogP contribution in [-0.2, 0) is 4.79 Å². The number of para-hydroxylation sites is 1. The van der Waals surface area contributed by atoms with Gasteiger partial charge in [0.15, 0.2) is 5.78 Å². The van der Waals surface area contributed by atoms with Gasteiger partial charge < -0.3 is 4.74 Å². The molecule has 2 nitrogen and oxygen atoms in total. The standard InChI is InChI=1S/C17H20O2/c1-13-7-5-10-15(17(13)18)11-6-9-14-8-3-4-12-16(14)19-2/h3-4,6,8-9,11-13H,5,7,10H2,1-2H3. The summed E-state index contributed by atoms with van der Waals surface area (Å²) in [5.41, 5.74) is 1.98. The molecule has 1 aromatic rings. The molecule has 0 amide bonds. The van der Waals surface area contributed by atoms with E-state index in [1.54, 1.807) is 7.11 Å². The van der Waals surface area contributed by atoms with Crippen LogP contribution < -0.4 is 4.74 Å². The fraction of sp³-hybridized carbons (Fsp3) is 0.353. The molecule has 2 heteroatoms. The van der Waals surface area contributed by atoms with Crippen LogP contribution in [0.2, 0.25) is 0 Å². The number of hydrogen-bond donors (Lipinski definition) is 0. The smallest absolute Gasteiger partial charge is 0.161 e. The van der Waals surface area contributed by atoms with Gasteiger partial charge in [0.05, 0.1) is 7.11 Å². The lowest BCUT2D eigenvalue weighted by Crippen LogP contribution is -2.18. The lowest BCUT2D eigenvalue weighted by Gasteiger charge is -2.18. The summed E-state index contributed by atoms with van der Waals surface area (Å²) in [6.07, 6.45) is 8.92. The normalized spacial score (nSPS) is 22.1. The minimum atomic E-state index is 0.180. The van der Waals surface area contributed by atoms with Crippen molar-refractivity contribution in [1.29, 1.82) is 0 Å². The van der Waals surface area contributed by atoms with Gasteiger partial charge in [0.2, 0.25) is 0 Å². The summed E-state index contributed by atoms with van der Waals surface area (Å²) in [5.74, 6) is 1.33. The molecule has 0 spiro atoms. The van der Waals surface area contributed by atoms with E-state index in [9.17, 15) is 4.79 Å². The number of hydrogen-bond acceptors (Lipinski definition) is 2. The molecule has 0 N–H and O–H groups in total. The highest BCUT2D eigenvalue weighted by atomic mass is 16.5. The highest BCUT2D eigenvalue weighted by Gasteiger charge is 2.21. The number of benzene rings is 1. The molecule has 1 unspecified atom stereocenters.